The van der Waals surface area contributed by atoms with Crippen molar-refractivity contribution in [2.45, 2.75) is 19.1 Å². The van der Waals surface area contributed by atoms with Gasteiger partial charge >= 0.3 is 0 Å². The van der Waals surface area contributed by atoms with Crippen LogP contribution in [0.3, 0.4) is 0 Å². The summed E-state index contributed by atoms with van der Waals surface area (Å²) in [6, 6.07) is 1.90. The van der Waals surface area contributed by atoms with Crippen molar-refractivity contribution in [3.05, 3.63) is 23.4 Å². The Morgan fingerprint density at radius 2 is 2.44 bits per heavy atom. The van der Waals surface area contributed by atoms with Crippen LogP contribution in [-0.4, -0.2) is 35.4 Å². The molecule has 2 rings (SSSR count). The molecule has 0 aromatic carbocycles. The lowest BCUT2D eigenvalue weighted by Crippen LogP contribution is -2.37. The van der Waals surface area contributed by atoms with Gasteiger partial charge in [-0.15, -0.1) is 0 Å². The van der Waals surface area contributed by atoms with E-state index in [4.69, 9.17) is 0 Å². The predicted octanol–water partition coefficient (Wildman–Crippen LogP) is 2.14. The molecule has 2 heterocycles. The number of aldehydes is 1. The highest BCUT2D eigenvalue weighted by molar-refractivity contribution is 8.00. The van der Waals surface area contributed by atoms with Gasteiger partial charge < -0.3 is 4.90 Å². The molecule has 16 heavy (non-hydrogen) atoms. The quantitative estimate of drug-likeness (QED) is 0.737. The van der Waals surface area contributed by atoms with Crippen molar-refractivity contribution in [1.82, 2.24) is 4.98 Å². The molecule has 3 nitrogen and oxygen atoms in total. The van der Waals surface area contributed by atoms with Crippen LogP contribution in [-0.2, 0) is 0 Å². The Morgan fingerprint density at radius 3 is 3.06 bits per heavy atom. The Hall–Kier alpha value is -1.03. The average molecular weight is 236 g/mol. The van der Waals surface area contributed by atoms with E-state index < -0.39 is 0 Å². The number of nitrogens with zero attached hydrogens (tertiary/aromatic N) is 2. The first-order valence-electron chi connectivity index (χ1n) is 5.49. The maximum atomic E-state index is 10.6. The molecule has 1 aliphatic heterocycles. The molecule has 1 aliphatic rings. The first-order valence-corrected chi connectivity index (χ1v) is 6.54. The van der Waals surface area contributed by atoms with Gasteiger partial charge in [-0.25, -0.2) is 4.98 Å². The molecule has 0 N–H and O–H groups in total. The largest absolute Gasteiger partial charge is 0.354 e. The summed E-state index contributed by atoms with van der Waals surface area (Å²) in [4.78, 5) is 17.3. The third-order valence-electron chi connectivity index (χ3n) is 2.75. The fourth-order valence-corrected chi connectivity index (χ4v) is 3.01. The highest BCUT2D eigenvalue weighted by Gasteiger charge is 2.19. The molecule has 0 amide bonds. The number of hydrogen-bond acceptors (Lipinski definition) is 4. The highest BCUT2D eigenvalue weighted by atomic mass is 32.2. The summed E-state index contributed by atoms with van der Waals surface area (Å²) < 4.78 is 0. The normalized spacial score (nSPS) is 20.9. The zero-order valence-corrected chi connectivity index (χ0v) is 10.5. The molecule has 1 fully saturated rings. The van der Waals surface area contributed by atoms with E-state index in [2.05, 4.69) is 16.8 Å². The van der Waals surface area contributed by atoms with Crippen LogP contribution in [0.1, 0.15) is 22.8 Å². The molecule has 0 spiro atoms. The smallest absolute Gasteiger partial charge is 0.151 e. The summed E-state index contributed by atoms with van der Waals surface area (Å²) in [5.74, 6) is 2.18. The van der Waals surface area contributed by atoms with E-state index in [1.807, 2.05) is 24.8 Å². The molecule has 0 bridgehead atoms. The monoisotopic (exact) mass is 236 g/mol. The number of pyridine rings is 1. The summed E-state index contributed by atoms with van der Waals surface area (Å²) in [5.41, 5.74) is 1.74. The van der Waals surface area contributed by atoms with Crippen molar-refractivity contribution < 1.29 is 4.79 Å². The van der Waals surface area contributed by atoms with Crippen molar-refractivity contribution in [2.24, 2.45) is 0 Å². The van der Waals surface area contributed by atoms with Gasteiger partial charge in [-0.05, 0) is 18.6 Å². The van der Waals surface area contributed by atoms with Gasteiger partial charge in [0, 0.05) is 35.9 Å². The van der Waals surface area contributed by atoms with Crippen LogP contribution in [0.5, 0.6) is 0 Å². The minimum atomic E-state index is 0.653. The van der Waals surface area contributed by atoms with Crippen LogP contribution >= 0.6 is 11.8 Å². The Labute approximate surface area is 100 Å². The molecule has 0 radical (unpaired) electrons. The fourth-order valence-electron chi connectivity index (χ4n) is 2.00. The van der Waals surface area contributed by atoms with Gasteiger partial charge in [0.1, 0.15) is 5.82 Å². The van der Waals surface area contributed by atoms with E-state index in [1.54, 1.807) is 6.20 Å². The lowest BCUT2D eigenvalue weighted by Gasteiger charge is -2.32. The summed E-state index contributed by atoms with van der Waals surface area (Å²) in [5, 5.41) is 0.653. The SMILES string of the molecule is Cc1cc(C=O)cnc1N1CCSC(C)C1. The van der Waals surface area contributed by atoms with Crippen molar-refractivity contribution >= 4 is 23.9 Å². The first kappa shape index (κ1) is 11.5. The van der Waals surface area contributed by atoms with Gasteiger partial charge in [-0.2, -0.15) is 11.8 Å². The fraction of sp³-hybridized carbons (Fsp3) is 0.500. The van der Waals surface area contributed by atoms with Crippen LogP contribution in [0.15, 0.2) is 12.3 Å². The molecule has 1 aromatic rings. The molecular formula is C12H16N2OS. The van der Waals surface area contributed by atoms with Crippen LogP contribution in [0.2, 0.25) is 0 Å². The lowest BCUT2D eigenvalue weighted by molar-refractivity contribution is 0.112. The van der Waals surface area contributed by atoms with Crippen molar-refractivity contribution in [1.29, 1.82) is 0 Å². The number of rotatable bonds is 2. The number of anilines is 1. The summed E-state index contributed by atoms with van der Waals surface area (Å²) >= 11 is 2.00. The second-order valence-corrected chi connectivity index (χ2v) is 5.70. The maximum absolute atomic E-state index is 10.6. The Morgan fingerprint density at radius 1 is 1.62 bits per heavy atom. The van der Waals surface area contributed by atoms with Gasteiger partial charge in [0.25, 0.3) is 0 Å². The van der Waals surface area contributed by atoms with E-state index in [0.717, 1.165) is 36.5 Å². The molecule has 1 aromatic heterocycles. The zero-order valence-electron chi connectivity index (χ0n) is 9.64. The maximum Gasteiger partial charge on any atom is 0.151 e. The predicted molar refractivity (Wildman–Crippen MR) is 68.5 cm³/mol. The van der Waals surface area contributed by atoms with Gasteiger partial charge in [0.05, 0.1) is 0 Å². The molecule has 0 saturated carbocycles. The summed E-state index contributed by atoms with van der Waals surface area (Å²) in [7, 11) is 0. The minimum Gasteiger partial charge on any atom is -0.354 e. The third kappa shape index (κ3) is 2.38. The second-order valence-electron chi connectivity index (χ2n) is 4.15. The van der Waals surface area contributed by atoms with E-state index in [9.17, 15) is 4.79 Å². The number of hydrogen-bond donors (Lipinski definition) is 0. The van der Waals surface area contributed by atoms with Gasteiger partial charge in [-0.3, -0.25) is 4.79 Å². The summed E-state index contributed by atoms with van der Waals surface area (Å²) in [6.45, 7) is 6.34. The molecular weight excluding hydrogens is 220 g/mol. The van der Waals surface area contributed by atoms with Crippen LogP contribution in [0, 0.1) is 6.92 Å². The number of carbonyl (C=O) groups excluding carboxylic acids is 1. The lowest BCUT2D eigenvalue weighted by atomic mass is 10.2. The van der Waals surface area contributed by atoms with Gasteiger partial charge in [0.15, 0.2) is 6.29 Å². The van der Waals surface area contributed by atoms with Crippen molar-refractivity contribution in [3.63, 3.8) is 0 Å². The number of carbonyl (C=O) groups is 1. The van der Waals surface area contributed by atoms with Gasteiger partial charge in [-0.1, -0.05) is 6.92 Å². The molecule has 1 atom stereocenters. The van der Waals surface area contributed by atoms with Crippen LogP contribution in [0.25, 0.3) is 0 Å². The van der Waals surface area contributed by atoms with E-state index in [-0.39, 0.29) is 0 Å². The molecule has 1 unspecified atom stereocenters. The molecule has 0 aliphatic carbocycles. The Balaban J connectivity index is 2.22. The highest BCUT2D eigenvalue weighted by Crippen LogP contribution is 2.24. The van der Waals surface area contributed by atoms with Gasteiger partial charge in [0.2, 0.25) is 0 Å². The standard InChI is InChI=1S/C12H16N2OS/c1-9-5-11(8-15)6-13-12(9)14-3-4-16-10(2)7-14/h5-6,8,10H,3-4,7H2,1-2H3. The van der Waals surface area contributed by atoms with Crippen LogP contribution in [0.4, 0.5) is 5.82 Å². The molecule has 1 saturated heterocycles. The number of thioether (sulfide) groups is 1. The third-order valence-corrected chi connectivity index (χ3v) is 3.88. The second kappa shape index (κ2) is 4.87. The van der Waals surface area contributed by atoms with Crippen molar-refractivity contribution in [3.8, 4) is 0 Å². The Kier molecular flexibility index (Phi) is 3.49. The van der Waals surface area contributed by atoms with Crippen molar-refractivity contribution in [2.75, 3.05) is 23.7 Å². The minimum absolute atomic E-state index is 0.653. The number of aryl methyl sites for hydroxylation is 1. The zero-order chi connectivity index (χ0) is 11.5. The number of aromatic nitrogens is 1. The average Bonchev–Trinajstić information content (AvgIpc) is 2.28. The van der Waals surface area contributed by atoms with E-state index in [1.165, 1.54) is 0 Å². The topological polar surface area (TPSA) is 33.2 Å². The molecule has 86 valence electrons. The Bertz CT molecular complexity index is 395. The molecule has 4 heteroatoms. The van der Waals surface area contributed by atoms with E-state index >= 15 is 0 Å². The summed E-state index contributed by atoms with van der Waals surface area (Å²) in [6.07, 6.45) is 2.50. The van der Waals surface area contributed by atoms with Crippen LogP contribution < -0.4 is 4.90 Å². The van der Waals surface area contributed by atoms with E-state index in [0.29, 0.717) is 10.8 Å². The first-order chi connectivity index (χ1) is 7.70.